The van der Waals surface area contributed by atoms with E-state index < -0.39 is 29.8 Å². The van der Waals surface area contributed by atoms with Crippen LogP contribution in [-0.4, -0.2) is 61.6 Å². The average Bonchev–Trinajstić information content (AvgIpc) is 3.58. The highest BCUT2D eigenvalue weighted by atomic mass is 32.2. The van der Waals surface area contributed by atoms with E-state index in [0.717, 1.165) is 9.71 Å². The number of aromatic amines is 1. The second-order valence-corrected chi connectivity index (χ2v) is 12.2. The van der Waals surface area contributed by atoms with Crippen molar-refractivity contribution in [2.75, 3.05) is 13.1 Å². The first-order valence-electron chi connectivity index (χ1n) is 10.4. The largest absolute Gasteiger partial charge is 0.325 e. The van der Waals surface area contributed by atoms with Crippen molar-refractivity contribution < 1.29 is 16.8 Å². The standard InChI is InChI=1S/C19H21N9O4S3/c20-8-16-23-13-7-10(1-3-14(13)33-16)12-2-4-15(35(31,32)26-11-5-6-22-9-11)18(34(21,29)30)17(12)19-24-27-28-25-19/h1-4,7,11,22,26H,5-6,8-9,20H2,(H2,21,29,30)(H,24,25,27,28). The first-order chi connectivity index (χ1) is 16.7. The van der Waals surface area contributed by atoms with Gasteiger partial charge in [-0.3, -0.25) is 0 Å². The third-order valence-electron chi connectivity index (χ3n) is 5.56. The summed E-state index contributed by atoms with van der Waals surface area (Å²) in [4.78, 5) is 3.38. The highest BCUT2D eigenvalue weighted by Gasteiger charge is 2.33. The summed E-state index contributed by atoms with van der Waals surface area (Å²) < 4.78 is 55.7. The molecule has 35 heavy (non-hydrogen) atoms. The summed E-state index contributed by atoms with van der Waals surface area (Å²) in [6, 6.07) is 7.69. The molecule has 0 radical (unpaired) electrons. The number of nitrogens with two attached hydrogens (primary N) is 2. The van der Waals surface area contributed by atoms with Gasteiger partial charge >= 0.3 is 0 Å². The van der Waals surface area contributed by atoms with E-state index in [2.05, 4.69) is 35.6 Å². The Morgan fingerprint density at radius 3 is 2.66 bits per heavy atom. The number of benzene rings is 2. The highest BCUT2D eigenvalue weighted by Crippen LogP contribution is 2.39. The summed E-state index contributed by atoms with van der Waals surface area (Å²) >= 11 is 1.45. The van der Waals surface area contributed by atoms with Gasteiger partial charge in [0.15, 0.2) is 0 Å². The molecule has 184 valence electrons. The molecule has 1 aliphatic heterocycles. The number of nitrogens with one attached hydrogen (secondary N) is 3. The van der Waals surface area contributed by atoms with Gasteiger partial charge in [0.1, 0.15) is 14.8 Å². The smallest absolute Gasteiger partial charge is 0.242 e. The minimum Gasteiger partial charge on any atom is -0.325 e. The lowest BCUT2D eigenvalue weighted by Gasteiger charge is -2.18. The van der Waals surface area contributed by atoms with Crippen molar-refractivity contribution >= 4 is 41.6 Å². The minimum atomic E-state index is -4.57. The molecule has 0 amide bonds. The highest BCUT2D eigenvalue weighted by molar-refractivity contribution is 7.92. The fraction of sp³-hybridized carbons (Fsp3) is 0.263. The van der Waals surface area contributed by atoms with Crippen molar-refractivity contribution in [1.29, 1.82) is 0 Å². The molecule has 1 fully saturated rings. The maximum absolute atomic E-state index is 13.3. The van der Waals surface area contributed by atoms with Gasteiger partial charge < -0.3 is 11.1 Å². The van der Waals surface area contributed by atoms with Crippen molar-refractivity contribution in [3.8, 4) is 22.5 Å². The van der Waals surface area contributed by atoms with E-state index in [4.69, 9.17) is 10.9 Å². The zero-order valence-electron chi connectivity index (χ0n) is 18.1. The molecule has 2 aromatic heterocycles. The average molecular weight is 536 g/mol. The second kappa shape index (κ2) is 8.98. The Bertz CT molecular complexity index is 1610. The maximum Gasteiger partial charge on any atom is 0.242 e. The van der Waals surface area contributed by atoms with E-state index in [-0.39, 0.29) is 24.0 Å². The number of H-pyrrole nitrogens is 1. The second-order valence-electron chi connectivity index (χ2n) is 7.90. The van der Waals surface area contributed by atoms with Crippen LogP contribution in [0.1, 0.15) is 11.4 Å². The van der Waals surface area contributed by atoms with Crippen molar-refractivity contribution in [3.63, 3.8) is 0 Å². The zero-order chi connectivity index (χ0) is 24.8. The van der Waals surface area contributed by atoms with Crippen LogP contribution >= 0.6 is 11.3 Å². The summed E-state index contributed by atoms with van der Waals surface area (Å²) in [6.07, 6.45) is 0.568. The summed E-state index contributed by atoms with van der Waals surface area (Å²) in [6.45, 7) is 1.36. The Morgan fingerprint density at radius 1 is 1.17 bits per heavy atom. The van der Waals surface area contributed by atoms with Gasteiger partial charge in [-0.25, -0.2) is 31.7 Å². The lowest BCUT2D eigenvalue weighted by atomic mass is 9.99. The van der Waals surface area contributed by atoms with Gasteiger partial charge in [0.05, 0.1) is 15.8 Å². The molecule has 13 nitrogen and oxygen atoms in total. The van der Waals surface area contributed by atoms with Crippen LogP contribution in [0.3, 0.4) is 0 Å². The van der Waals surface area contributed by atoms with Crippen LogP contribution in [0.25, 0.3) is 32.7 Å². The number of fused-ring (bicyclic) bond motifs is 1. The molecule has 0 spiro atoms. The third kappa shape index (κ3) is 4.56. The molecular weight excluding hydrogens is 514 g/mol. The summed E-state index contributed by atoms with van der Waals surface area (Å²) in [5.41, 5.74) is 7.20. The number of aromatic nitrogens is 5. The molecule has 7 N–H and O–H groups in total. The number of thiazole rings is 1. The zero-order valence-corrected chi connectivity index (χ0v) is 20.5. The monoisotopic (exact) mass is 535 g/mol. The van der Waals surface area contributed by atoms with E-state index >= 15 is 0 Å². The molecule has 0 aliphatic carbocycles. The summed E-state index contributed by atoms with van der Waals surface area (Å²) in [5.74, 6) is -0.121. The van der Waals surface area contributed by atoms with Crippen molar-refractivity contribution in [2.45, 2.75) is 28.8 Å². The SMILES string of the molecule is NCc1nc2cc(-c3ccc(S(=O)(=O)NC4CCNC4)c(S(N)(=O)=O)c3-c3nn[nH]n3)ccc2s1. The van der Waals surface area contributed by atoms with Crippen molar-refractivity contribution in [1.82, 2.24) is 35.6 Å². The van der Waals surface area contributed by atoms with Crippen LogP contribution in [0.5, 0.6) is 0 Å². The predicted octanol–water partition coefficient (Wildman–Crippen LogP) is -0.110. The molecule has 4 aromatic rings. The van der Waals surface area contributed by atoms with E-state index in [0.29, 0.717) is 36.2 Å². The Morgan fingerprint density at radius 2 is 2.00 bits per heavy atom. The van der Waals surface area contributed by atoms with E-state index in [1.807, 2.05) is 6.07 Å². The van der Waals surface area contributed by atoms with Gasteiger partial charge in [-0.1, -0.05) is 12.1 Å². The normalized spacial score (nSPS) is 16.8. The Hall–Kier alpha value is -2.86. The van der Waals surface area contributed by atoms with Gasteiger partial charge in [0, 0.05) is 19.1 Å². The lowest BCUT2D eigenvalue weighted by Crippen LogP contribution is -2.37. The first-order valence-corrected chi connectivity index (χ1v) is 14.3. The van der Waals surface area contributed by atoms with E-state index in [1.54, 1.807) is 12.1 Å². The lowest BCUT2D eigenvalue weighted by molar-refractivity contribution is 0.555. The molecule has 3 heterocycles. The molecule has 1 atom stereocenters. The van der Waals surface area contributed by atoms with Crippen LogP contribution in [0.2, 0.25) is 0 Å². The van der Waals surface area contributed by atoms with Gasteiger partial charge in [-0.2, -0.15) is 5.21 Å². The molecule has 1 aliphatic rings. The number of hydrogen-bond donors (Lipinski definition) is 5. The number of primary sulfonamides is 1. The fourth-order valence-corrected chi connectivity index (χ4v) is 7.75. The Kier molecular flexibility index (Phi) is 6.12. The van der Waals surface area contributed by atoms with Gasteiger partial charge in [0.2, 0.25) is 25.9 Å². The minimum absolute atomic E-state index is 0.0812. The van der Waals surface area contributed by atoms with Gasteiger partial charge in [0.25, 0.3) is 0 Å². The Labute approximate surface area is 204 Å². The topological polar surface area (TPSA) is 212 Å². The number of tetrazole rings is 1. The fourth-order valence-electron chi connectivity index (χ4n) is 4.06. The van der Waals surface area contributed by atoms with Crippen LogP contribution in [-0.2, 0) is 26.6 Å². The molecule has 1 unspecified atom stereocenters. The molecular formula is C19H21N9O4S3. The van der Waals surface area contributed by atoms with Gasteiger partial charge in [-0.05, 0) is 47.5 Å². The molecule has 0 bridgehead atoms. The predicted molar refractivity (Wildman–Crippen MR) is 129 cm³/mol. The number of hydrogen-bond acceptors (Lipinski definition) is 11. The molecule has 1 saturated heterocycles. The quantitative estimate of drug-likeness (QED) is 0.212. The number of rotatable bonds is 7. The Balaban J connectivity index is 1.76. The molecule has 0 saturated carbocycles. The molecule has 2 aromatic carbocycles. The first kappa shape index (κ1) is 23.9. The van der Waals surface area contributed by atoms with E-state index in [1.165, 1.54) is 23.5 Å². The van der Waals surface area contributed by atoms with E-state index in [9.17, 15) is 16.8 Å². The number of sulfonamides is 2. The van der Waals surface area contributed by atoms with Gasteiger partial charge in [-0.15, -0.1) is 21.5 Å². The van der Waals surface area contributed by atoms with Crippen molar-refractivity contribution in [3.05, 3.63) is 35.3 Å². The molecule has 16 heteroatoms. The summed E-state index contributed by atoms with van der Waals surface area (Å²) in [7, 11) is -8.83. The number of nitrogens with zero attached hydrogens (tertiary/aromatic N) is 4. The van der Waals surface area contributed by atoms with Crippen LogP contribution in [0.4, 0.5) is 0 Å². The summed E-state index contributed by atoms with van der Waals surface area (Å²) in [5, 5.41) is 23.1. The maximum atomic E-state index is 13.3. The van der Waals surface area contributed by atoms with Crippen LogP contribution in [0, 0.1) is 0 Å². The third-order valence-corrected chi connectivity index (χ3v) is 9.31. The molecule has 5 rings (SSSR count). The van der Waals surface area contributed by atoms with Crippen LogP contribution in [0.15, 0.2) is 40.1 Å². The van der Waals surface area contributed by atoms with Crippen molar-refractivity contribution in [2.24, 2.45) is 10.9 Å². The van der Waals surface area contributed by atoms with Crippen LogP contribution < -0.4 is 20.9 Å².